The van der Waals surface area contributed by atoms with Gasteiger partial charge in [-0.2, -0.15) is 0 Å². The van der Waals surface area contributed by atoms with Gasteiger partial charge in [0.15, 0.2) is 23.3 Å². The van der Waals surface area contributed by atoms with Gasteiger partial charge in [0.1, 0.15) is 0 Å². The lowest BCUT2D eigenvalue weighted by Crippen LogP contribution is -2.44. The molecule has 5 nitrogen and oxygen atoms in total. The summed E-state index contributed by atoms with van der Waals surface area (Å²) in [6, 6.07) is 0.634. The highest BCUT2D eigenvalue weighted by Gasteiger charge is 2.22. The molecule has 0 aromatic heterocycles. The summed E-state index contributed by atoms with van der Waals surface area (Å²) < 4.78 is 39.3. The molecule has 0 spiro atoms. The van der Waals surface area contributed by atoms with Gasteiger partial charge in [-0.1, -0.05) is 18.5 Å². The molecule has 8 heteroatoms. The Morgan fingerprint density at radius 2 is 2.05 bits per heavy atom. The predicted molar refractivity (Wildman–Crippen MR) is 65.9 cm³/mol. The van der Waals surface area contributed by atoms with Crippen molar-refractivity contribution < 1.29 is 23.2 Å². The topological polar surface area (TPSA) is 87.7 Å². The number of amidine groups is 1. The van der Waals surface area contributed by atoms with Crippen molar-refractivity contribution in [1.29, 1.82) is 0 Å². The van der Waals surface area contributed by atoms with E-state index in [4.69, 9.17) is 10.9 Å². The molecular formula is C12H14F3N3O2. The number of benzene rings is 1. The number of hydrogen-bond acceptors (Lipinski definition) is 3. The van der Waals surface area contributed by atoms with E-state index in [0.717, 1.165) is 6.07 Å². The van der Waals surface area contributed by atoms with Crippen LogP contribution in [0.3, 0.4) is 0 Å². The van der Waals surface area contributed by atoms with Crippen molar-refractivity contribution in [2.45, 2.75) is 25.8 Å². The fourth-order valence-corrected chi connectivity index (χ4v) is 1.59. The van der Waals surface area contributed by atoms with Crippen LogP contribution < -0.4 is 11.1 Å². The smallest absolute Gasteiger partial charge is 0.254 e. The van der Waals surface area contributed by atoms with Crippen molar-refractivity contribution in [3.8, 4) is 0 Å². The molecule has 1 unspecified atom stereocenters. The maximum atomic E-state index is 13.4. The minimum atomic E-state index is -1.73. The summed E-state index contributed by atoms with van der Waals surface area (Å²) in [6.07, 6.45) is 0.939. The number of halogens is 3. The molecular weight excluding hydrogens is 275 g/mol. The number of oxime groups is 1. The molecule has 0 bridgehead atoms. The first-order valence-electron chi connectivity index (χ1n) is 5.84. The van der Waals surface area contributed by atoms with Crippen molar-refractivity contribution in [3.63, 3.8) is 0 Å². The van der Waals surface area contributed by atoms with E-state index in [2.05, 4.69) is 10.5 Å². The fourth-order valence-electron chi connectivity index (χ4n) is 1.59. The zero-order chi connectivity index (χ0) is 15.3. The lowest BCUT2D eigenvalue weighted by molar-refractivity contribution is 0.0939. The van der Waals surface area contributed by atoms with E-state index < -0.39 is 35.0 Å². The highest BCUT2D eigenvalue weighted by Crippen LogP contribution is 2.15. The average Bonchev–Trinajstić information content (AvgIpc) is 2.43. The van der Waals surface area contributed by atoms with E-state index in [0.29, 0.717) is 18.9 Å². The van der Waals surface area contributed by atoms with E-state index in [1.807, 2.05) is 0 Å². The zero-order valence-corrected chi connectivity index (χ0v) is 10.7. The Morgan fingerprint density at radius 3 is 2.60 bits per heavy atom. The summed E-state index contributed by atoms with van der Waals surface area (Å²) in [4.78, 5) is 11.8. The van der Waals surface area contributed by atoms with Crippen molar-refractivity contribution in [3.05, 3.63) is 35.1 Å². The number of nitrogens with two attached hydrogens (primary N) is 1. The van der Waals surface area contributed by atoms with Gasteiger partial charge in [0.05, 0.1) is 11.6 Å². The molecule has 0 saturated heterocycles. The van der Waals surface area contributed by atoms with E-state index in [-0.39, 0.29) is 5.84 Å². The van der Waals surface area contributed by atoms with Gasteiger partial charge in [-0.3, -0.25) is 4.79 Å². The molecule has 1 atom stereocenters. The SMILES string of the molecule is CCCC(NC(=O)c1ccc(F)c(F)c1F)C(N)=NO. The third-order valence-corrected chi connectivity index (χ3v) is 2.63. The largest absolute Gasteiger partial charge is 0.409 e. The monoisotopic (exact) mass is 289 g/mol. The van der Waals surface area contributed by atoms with Crippen LogP contribution in [0.1, 0.15) is 30.1 Å². The summed E-state index contributed by atoms with van der Waals surface area (Å²) in [7, 11) is 0. The van der Waals surface area contributed by atoms with Gasteiger partial charge in [0, 0.05) is 0 Å². The van der Waals surface area contributed by atoms with Crippen LogP contribution in [0.5, 0.6) is 0 Å². The molecule has 1 rings (SSSR count). The highest BCUT2D eigenvalue weighted by molar-refractivity contribution is 5.98. The van der Waals surface area contributed by atoms with Crippen molar-refractivity contribution in [1.82, 2.24) is 5.32 Å². The second-order valence-corrected chi connectivity index (χ2v) is 4.06. The van der Waals surface area contributed by atoms with Gasteiger partial charge < -0.3 is 16.3 Å². The summed E-state index contributed by atoms with van der Waals surface area (Å²) in [5, 5.41) is 13.6. The van der Waals surface area contributed by atoms with Crippen molar-refractivity contribution in [2.24, 2.45) is 10.9 Å². The van der Waals surface area contributed by atoms with Crippen molar-refractivity contribution >= 4 is 11.7 Å². The Labute approximate surface area is 113 Å². The maximum Gasteiger partial charge on any atom is 0.254 e. The van der Waals surface area contributed by atoms with Crippen LogP contribution in [0, 0.1) is 17.5 Å². The van der Waals surface area contributed by atoms with Crippen LogP contribution in [-0.2, 0) is 0 Å². The molecule has 0 heterocycles. The number of rotatable bonds is 5. The summed E-state index contributed by atoms with van der Waals surface area (Å²) in [5.41, 5.74) is 4.72. The van der Waals surface area contributed by atoms with Crippen LogP contribution in [0.2, 0.25) is 0 Å². The molecule has 0 saturated carbocycles. The van der Waals surface area contributed by atoms with Gasteiger partial charge in [-0.15, -0.1) is 0 Å². The first-order chi connectivity index (χ1) is 9.42. The third kappa shape index (κ3) is 3.40. The minimum absolute atomic E-state index is 0.261. The van der Waals surface area contributed by atoms with Crippen LogP contribution in [0.15, 0.2) is 17.3 Å². The van der Waals surface area contributed by atoms with Crippen LogP contribution in [0.4, 0.5) is 13.2 Å². The molecule has 110 valence electrons. The van der Waals surface area contributed by atoms with Gasteiger partial charge in [0.2, 0.25) is 0 Å². The summed E-state index contributed by atoms with van der Waals surface area (Å²) in [6.45, 7) is 1.79. The van der Waals surface area contributed by atoms with Gasteiger partial charge in [-0.25, -0.2) is 13.2 Å². The number of hydrogen-bond donors (Lipinski definition) is 3. The molecule has 0 fully saturated rings. The standard InChI is InChI=1S/C12H14F3N3O2/c1-2-3-8(11(16)18-20)17-12(19)6-4-5-7(13)10(15)9(6)14/h4-5,8,20H,2-3H2,1H3,(H2,16,18)(H,17,19). The Kier molecular flexibility index (Phi) is 5.36. The quantitative estimate of drug-likeness (QED) is 0.254. The van der Waals surface area contributed by atoms with Gasteiger partial charge in [0.25, 0.3) is 5.91 Å². The molecule has 0 aliphatic heterocycles. The summed E-state index contributed by atoms with van der Waals surface area (Å²) >= 11 is 0. The van der Waals surface area contributed by atoms with E-state index >= 15 is 0 Å². The number of nitrogens with one attached hydrogen (secondary N) is 1. The first-order valence-corrected chi connectivity index (χ1v) is 5.84. The first kappa shape index (κ1) is 15.8. The minimum Gasteiger partial charge on any atom is -0.409 e. The second-order valence-electron chi connectivity index (χ2n) is 4.06. The normalized spacial score (nSPS) is 13.1. The molecule has 20 heavy (non-hydrogen) atoms. The Balaban J connectivity index is 2.98. The number of carbonyl (C=O) groups excluding carboxylic acids is 1. The molecule has 1 aromatic rings. The molecule has 0 aliphatic rings. The average molecular weight is 289 g/mol. The second kappa shape index (κ2) is 6.78. The van der Waals surface area contributed by atoms with E-state index in [1.54, 1.807) is 6.92 Å². The highest BCUT2D eigenvalue weighted by atomic mass is 19.2. The molecule has 0 radical (unpaired) electrons. The van der Waals surface area contributed by atoms with Crippen molar-refractivity contribution in [2.75, 3.05) is 0 Å². The Morgan fingerprint density at radius 1 is 1.40 bits per heavy atom. The van der Waals surface area contributed by atoms with Gasteiger partial charge in [-0.05, 0) is 18.6 Å². The van der Waals surface area contributed by atoms with Crippen LogP contribution in [0.25, 0.3) is 0 Å². The van der Waals surface area contributed by atoms with E-state index in [1.165, 1.54) is 0 Å². The molecule has 1 amide bonds. The van der Waals surface area contributed by atoms with Crippen LogP contribution in [-0.4, -0.2) is 23.0 Å². The zero-order valence-electron chi connectivity index (χ0n) is 10.7. The lowest BCUT2D eigenvalue weighted by atomic mass is 10.1. The fraction of sp³-hybridized carbons (Fsp3) is 0.333. The number of nitrogens with zero attached hydrogens (tertiary/aromatic N) is 1. The number of amides is 1. The maximum absolute atomic E-state index is 13.4. The van der Waals surface area contributed by atoms with Gasteiger partial charge >= 0.3 is 0 Å². The lowest BCUT2D eigenvalue weighted by Gasteiger charge is -2.16. The Bertz CT molecular complexity index is 535. The summed E-state index contributed by atoms with van der Waals surface area (Å²) in [5.74, 6) is -5.94. The molecule has 1 aromatic carbocycles. The van der Waals surface area contributed by atoms with Crippen LogP contribution >= 0.6 is 0 Å². The predicted octanol–water partition coefficient (Wildman–Crippen LogP) is 1.75. The van der Waals surface area contributed by atoms with E-state index in [9.17, 15) is 18.0 Å². The molecule has 4 N–H and O–H groups in total. The number of carbonyl (C=O) groups is 1. The Hall–Kier alpha value is -2.25. The molecule has 0 aliphatic carbocycles. The third-order valence-electron chi connectivity index (χ3n) is 2.63.